The second-order valence-corrected chi connectivity index (χ2v) is 8.07. The van der Waals surface area contributed by atoms with Crippen molar-refractivity contribution in [2.45, 2.75) is 19.5 Å². The Labute approximate surface area is 197 Å². The van der Waals surface area contributed by atoms with E-state index in [0.29, 0.717) is 12.4 Å². The molecule has 10 nitrogen and oxygen atoms in total. The number of nitrogens with zero attached hydrogens (tertiary/aromatic N) is 5. The second kappa shape index (κ2) is 10.1. The molecular formula is C22H19BrN8O2. The Hall–Kier alpha value is -3.99. The number of halogens is 1. The fraction of sp³-hybridized carbons (Fsp3) is 0.136. The Balaban J connectivity index is 1.38. The van der Waals surface area contributed by atoms with E-state index in [0.717, 1.165) is 21.2 Å². The Kier molecular flexibility index (Phi) is 6.79. The first-order valence-corrected chi connectivity index (χ1v) is 10.8. The van der Waals surface area contributed by atoms with E-state index in [1.807, 2.05) is 55.5 Å². The number of nitrogens with one attached hydrogen (secondary N) is 3. The molecule has 2 aromatic carbocycles. The highest BCUT2D eigenvalue weighted by molar-refractivity contribution is 9.10. The fourth-order valence-electron chi connectivity index (χ4n) is 3.08. The van der Waals surface area contributed by atoms with Gasteiger partial charge in [0.1, 0.15) is 17.7 Å². The molecule has 2 heterocycles. The standard InChI is InChI=1S/C22H19BrN8O2/c1-13(15-5-7-16(8-6-15)20-28-30-31-29-20)27-22(33)19-10-18(25-12-26-19)21(32)24-11-14-3-2-4-17(23)9-14/h2-10,12-13H,11H2,1H3,(H,24,32)(H,27,33)(H,28,29,30,31)/t13-/m0/s1. The second-order valence-electron chi connectivity index (χ2n) is 7.15. The number of amides is 2. The van der Waals surface area contributed by atoms with Crippen LogP contribution in [-0.2, 0) is 6.54 Å². The molecule has 0 spiro atoms. The van der Waals surface area contributed by atoms with Gasteiger partial charge in [-0.1, -0.05) is 52.3 Å². The lowest BCUT2D eigenvalue weighted by Gasteiger charge is -2.14. The number of rotatable bonds is 7. The van der Waals surface area contributed by atoms with Crippen LogP contribution in [0.3, 0.4) is 0 Å². The number of hydrogen-bond acceptors (Lipinski definition) is 7. The predicted octanol–water partition coefficient (Wildman–Crippen LogP) is 2.84. The van der Waals surface area contributed by atoms with Crippen LogP contribution in [0.2, 0.25) is 0 Å². The minimum atomic E-state index is -0.409. The molecule has 0 radical (unpaired) electrons. The maximum atomic E-state index is 12.7. The summed E-state index contributed by atoms with van der Waals surface area (Å²) in [6.45, 7) is 2.19. The van der Waals surface area contributed by atoms with Crippen molar-refractivity contribution in [2.75, 3.05) is 0 Å². The summed E-state index contributed by atoms with van der Waals surface area (Å²) in [6, 6.07) is 16.1. The van der Waals surface area contributed by atoms with Gasteiger partial charge in [-0.05, 0) is 35.4 Å². The normalized spacial score (nSPS) is 11.6. The largest absolute Gasteiger partial charge is 0.347 e. The molecule has 0 bridgehead atoms. The van der Waals surface area contributed by atoms with E-state index in [1.165, 1.54) is 12.4 Å². The fourth-order valence-corrected chi connectivity index (χ4v) is 3.53. The van der Waals surface area contributed by atoms with Gasteiger partial charge in [0, 0.05) is 22.6 Å². The molecule has 1 atom stereocenters. The van der Waals surface area contributed by atoms with Gasteiger partial charge in [0.2, 0.25) is 5.82 Å². The van der Waals surface area contributed by atoms with Crippen LogP contribution in [-0.4, -0.2) is 42.4 Å². The van der Waals surface area contributed by atoms with Gasteiger partial charge in [-0.2, -0.15) is 5.21 Å². The summed E-state index contributed by atoms with van der Waals surface area (Å²) in [6.07, 6.45) is 1.20. The Morgan fingerprint density at radius 3 is 2.48 bits per heavy atom. The number of aromatic nitrogens is 6. The molecule has 0 aliphatic rings. The molecule has 2 aromatic heterocycles. The summed E-state index contributed by atoms with van der Waals surface area (Å²) < 4.78 is 0.925. The number of carbonyl (C=O) groups excluding carboxylic acids is 2. The zero-order chi connectivity index (χ0) is 23.2. The highest BCUT2D eigenvalue weighted by atomic mass is 79.9. The third-order valence-corrected chi connectivity index (χ3v) is 5.33. The summed E-state index contributed by atoms with van der Waals surface area (Å²) in [5.74, 6) is -0.311. The average Bonchev–Trinajstić information content (AvgIpc) is 3.38. The predicted molar refractivity (Wildman–Crippen MR) is 123 cm³/mol. The average molecular weight is 507 g/mol. The zero-order valence-corrected chi connectivity index (χ0v) is 19.1. The molecule has 11 heteroatoms. The maximum absolute atomic E-state index is 12.7. The highest BCUT2D eigenvalue weighted by Crippen LogP contribution is 2.19. The highest BCUT2D eigenvalue weighted by Gasteiger charge is 2.16. The van der Waals surface area contributed by atoms with Gasteiger partial charge in [0.25, 0.3) is 11.8 Å². The van der Waals surface area contributed by atoms with Crippen LogP contribution in [0, 0.1) is 0 Å². The van der Waals surface area contributed by atoms with Crippen molar-refractivity contribution in [1.82, 2.24) is 41.2 Å². The van der Waals surface area contributed by atoms with Crippen LogP contribution < -0.4 is 10.6 Å². The smallest absolute Gasteiger partial charge is 0.270 e. The molecule has 166 valence electrons. The quantitative estimate of drug-likeness (QED) is 0.350. The Morgan fingerprint density at radius 2 is 1.79 bits per heavy atom. The van der Waals surface area contributed by atoms with E-state index >= 15 is 0 Å². The molecule has 0 aliphatic heterocycles. The maximum Gasteiger partial charge on any atom is 0.270 e. The van der Waals surface area contributed by atoms with Gasteiger partial charge in [0.15, 0.2) is 0 Å². The lowest BCUT2D eigenvalue weighted by molar-refractivity contribution is 0.0934. The van der Waals surface area contributed by atoms with Crippen LogP contribution >= 0.6 is 15.9 Å². The van der Waals surface area contributed by atoms with Crippen LogP contribution in [0.5, 0.6) is 0 Å². The molecule has 0 aliphatic carbocycles. The van der Waals surface area contributed by atoms with Crippen LogP contribution in [0.1, 0.15) is 45.1 Å². The van der Waals surface area contributed by atoms with Gasteiger partial charge in [-0.15, -0.1) is 10.2 Å². The van der Waals surface area contributed by atoms with Gasteiger partial charge in [-0.3, -0.25) is 9.59 Å². The molecule has 0 fully saturated rings. The van der Waals surface area contributed by atoms with E-state index in [9.17, 15) is 9.59 Å². The first-order valence-electron chi connectivity index (χ1n) is 9.99. The van der Waals surface area contributed by atoms with Crippen LogP contribution in [0.25, 0.3) is 11.4 Å². The first-order chi connectivity index (χ1) is 16.0. The monoisotopic (exact) mass is 506 g/mol. The third kappa shape index (κ3) is 5.63. The Morgan fingerprint density at radius 1 is 1.03 bits per heavy atom. The molecular weight excluding hydrogens is 488 g/mol. The number of aromatic amines is 1. The van der Waals surface area contributed by atoms with Crippen molar-refractivity contribution in [2.24, 2.45) is 0 Å². The molecule has 33 heavy (non-hydrogen) atoms. The van der Waals surface area contributed by atoms with Crippen LogP contribution in [0.15, 0.2) is 65.4 Å². The summed E-state index contributed by atoms with van der Waals surface area (Å²) in [7, 11) is 0. The van der Waals surface area contributed by atoms with Crippen molar-refractivity contribution in [3.63, 3.8) is 0 Å². The number of hydrogen-bond donors (Lipinski definition) is 3. The summed E-state index contributed by atoms with van der Waals surface area (Å²) in [5.41, 5.74) is 2.84. The molecule has 0 unspecified atom stereocenters. The minimum absolute atomic E-state index is 0.105. The molecule has 3 N–H and O–H groups in total. The van der Waals surface area contributed by atoms with Crippen molar-refractivity contribution < 1.29 is 9.59 Å². The number of benzene rings is 2. The number of carbonyl (C=O) groups is 2. The first kappa shape index (κ1) is 22.2. The Bertz CT molecular complexity index is 1260. The zero-order valence-electron chi connectivity index (χ0n) is 17.5. The van der Waals surface area contributed by atoms with E-state index in [1.54, 1.807) is 0 Å². The lowest BCUT2D eigenvalue weighted by Crippen LogP contribution is -2.29. The van der Waals surface area contributed by atoms with Crippen molar-refractivity contribution in [3.05, 3.63) is 87.9 Å². The summed E-state index contributed by atoms with van der Waals surface area (Å²) in [4.78, 5) is 33.2. The van der Waals surface area contributed by atoms with Gasteiger partial charge in [0.05, 0.1) is 6.04 Å². The number of H-pyrrole nitrogens is 1. The topological polar surface area (TPSA) is 138 Å². The molecule has 2 amide bonds. The summed E-state index contributed by atoms with van der Waals surface area (Å²) >= 11 is 3.40. The SMILES string of the molecule is C[C@H](NC(=O)c1cc(C(=O)NCc2cccc(Br)c2)ncn1)c1ccc(-c2nn[nH]n2)cc1. The number of tetrazole rings is 1. The van der Waals surface area contributed by atoms with E-state index in [-0.39, 0.29) is 17.4 Å². The van der Waals surface area contributed by atoms with Gasteiger partial charge in [-0.25, -0.2) is 9.97 Å². The van der Waals surface area contributed by atoms with E-state index < -0.39 is 11.8 Å². The summed E-state index contributed by atoms with van der Waals surface area (Å²) in [5, 5.41) is 19.5. The van der Waals surface area contributed by atoms with E-state index in [2.05, 4.69) is 57.2 Å². The van der Waals surface area contributed by atoms with Crippen molar-refractivity contribution in [3.8, 4) is 11.4 Å². The van der Waals surface area contributed by atoms with Crippen molar-refractivity contribution >= 4 is 27.7 Å². The van der Waals surface area contributed by atoms with Crippen molar-refractivity contribution in [1.29, 1.82) is 0 Å². The minimum Gasteiger partial charge on any atom is -0.347 e. The lowest BCUT2D eigenvalue weighted by atomic mass is 10.1. The third-order valence-electron chi connectivity index (χ3n) is 4.84. The van der Waals surface area contributed by atoms with Gasteiger partial charge < -0.3 is 10.6 Å². The molecule has 0 saturated heterocycles. The van der Waals surface area contributed by atoms with Gasteiger partial charge >= 0.3 is 0 Å². The molecule has 0 saturated carbocycles. The molecule has 4 aromatic rings. The van der Waals surface area contributed by atoms with E-state index in [4.69, 9.17) is 0 Å². The molecule has 4 rings (SSSR count). The van der Waals surface area contributed by atoms with Crippen LogP contribution in [0.4, 0.5) is 0 Å².